The maximum Gasteiger partial charge on any atom is 0.503 e. The minimum absolute atomic E-state index is 0.00585. The van der Waals surface area contributed by atoms with Crippen molar-refractivity contribution in [2.24, 2.45) is 5.92 Å². The second-order valence-electron chi connectivity index (χ2n) is 7.39. The molecule has 0 bridgehead atoms. The molecule has 2 heterocycles. The fraction of sp³-hybridized carbons (Fsp3) is 0.368. The van der Waals surface area contributed by atoms with Crippen LogP contribution >= 0.6 is 0 Å². The number of halogens is 3. The SMILES string of the molecule is CC1CCCN(S(=O)(=O)c2ccc(NC(=O)c3cccnc3S(=O)(=O)C(F)(F)F)cc2)C1. The summed E-state index contributed by atoms with van der Waals surface area (Å²) in [5.41, 5.74) is -6.35. The number of nitrogens with zero attached hydrogens (tertiary/aromatic N) is 2. The van der Waals surface area contributed by atoms with E-state index in [1.807, 2.05) is 6.92 Å². The molecule has 1 aromatic carbocycles. The highest BCUT2D eigenvalue weighted by Gasteiger charge is 2.49. The van der Waals surface area contributed by atoms with Crippen molar-refractivity contribution in [2.75, 3.05) is 18.4 Å². The summed E-state index contributed by atoms with van der Waals surface area (Å²) < 4.78 is 89.1. The van der Waals surface area contributed by atoms with E-state index < -0.39 is 41.9 Å². The standard InChI is InChI=1S/C19H20F3N3O5S2/c1-13-4-3-11-25(12-13)32(29,30)15-8-6-14(7-9-15)24-17(26)16-5-2-10-23-18(16)31(27,28)19(20,21)22/h2,5-10,13H,3-4,11-12H2,1H3,(H,24,26). The Labute approximate surface area is 183 Å². The molecule has 2 aromatic rings. The molecule has 1 aromatic heterocycles. The Morgan fingerprint density at radius 3 is 2.38 bits per heavy atom. The van der Waals surface area contributed by atoms with E-state index in [4.69, 9.17) is 0 Å². The molecule has 1 fully saturated rings. The van der Waals surface area contributed by atoms with Gasteiger partial charge < -0.3 is 5.32 Å². The monoisotopic (exact) mass is 491 g/mol. The highest BCUT2D eigenvalue weighted by atomic mass is 32.2. The number of pyridine rings is 1. The Morgan fingerprint density at radius 1 is 1.12 bits per heavy atom. The third-order valence-electron chi connectivity index (χ3n) is 4.94. The van der Waals surface area contributed by atoms with Crippen LogP contribution < -0.4 is 5.32 Å². The number of aromatic nitrogens is 1. The van der Waals surface area contributed by atoms with Crippen LogP contribution in [0.15, 0.2) is 52.5 Å². The zero-order chi connectivity index (χ0) is 23.7. The molecule has 1 aliphatic heterocycles. The Morgan fingerprint density at radius 2 is 1.78 bits per heavy atom. The number of amides is 1. The summed E-state index contributed by atoms with van der Waals surface area (Å²) in [5.74, 6) is -0.903. The van der Waals surface area contributed by atoms with Crippen molar-refractivity contribution in [1.29, 1.82) is 0 Å². The van der Waals surface area contributed by atoms with E-state index >= 15 is 0 Å². The summed E-state index contributed by atoms with van der Waals surface area (Å²) in [5, 5.41) is 0.855. The van der Waals surface area contributed by atoms with Gasteiger partial charge in [-0.05, 0) is 55.2 Å². The molecular formula is C19H20F3N3O5S2. The highest BCUT2D eigenvalue weighted by molar-refractivity contribution is 7.92. The van der Waals surface area contributed by atoms with Gasteiger partial charge in [-0.3, -0.25) is 4.79 Å². The smallest absolute Gasteiger partial charge is 0.322 e. The summed E-state index contributed by atoms with van der Waals surface area (Å²) in [6.45, 7) is 2.77. The van der Waals surface area contributed by atoms with E-state index in [0.29, 0.717) is 13.1 Å². The number of anilines is 1. The fourth-order valence-corrected chi connectivity index (χ4v) is 5.78. The Bertz CT molecular complexity index is 1210. The van der Waals surface area contributed by atoms with Crippen LogP contribution in [-0.4, -0.2) is 50.6 Å². The van der Waals surface area contributed by atoms with Gasteiger partial charge in [-0.15, -0.1) is 0 Å². The second-order valence-corrected chi connectivity index (χ2v) is 11.2. The molecule has 0 spiro atoms. The van der Waals surface area contributed by atoms with Crippen LogP contribution in [0.3, 0.4) is 0 Å². The van der Waals surface area contributed by atoms with Crippen LogP contribution in [0.5, 0.6) is 0 Å². The molecule has 1 amide bonds. The number of hydrogen-bond donors (Lipinski definition) is 1. The molecular weight excluding hydrogens is 471 g/mol. The van der Waals surface area contributed by atoms with Gasteiger partial charge in [-0.1, -0.05) is 6.92 Å². The summed E-state index contributed by atoms with van der Waals surface area (Å²) in [6, 6.07) is 7.09. The molecule has 174 valence electrons. The molecule has 1 atom stereocenters. The van der Waals surface area contributed by atoms with Gasteiger partial charge in [-0.2, -0.15) is 17.5 Å². The molecule has 0 radical (unpaired) electrons. The number of sulfonamides is 1. The van der Waals surface area contributed by atoms with Crippen LogP contribution in [0, 0.1) is 5.92 Å². The molecule has 0 aliphatic carbocycles. The van der Waals surface area contributed by atoms with Crippen molar-refractivity contribution < 1.29 is 34.8 Å². The average Bonchev–Trinajstić information content (AvgIpc) is 2.73. The van der Waals surface area contributed by atoms with Crippen molar-refractivity contribution in [3.8, 4) is 0 Å². The van der Waals surface area contributed by atoms with Gasteiger partial charge in [0, 0.05) is 25.0 Å². The molecule has 8 nitrogen and oxygen atoms in total. The highest BCUT2D eigenvalue weighted by Crippen LogP contribution is 2.31. The Balaban J connectivity index is 1.82. The van der Waals surface area contributed by atoms with Crippen molar-refractivity contribution >= 4 is 31.5 Å². The summed E-state index contributed by atoms with van der Waals surface area (Å²) in [6.07, 6.45) is 2.52. The summed E-state index contributed by atoms with van der Waals surface area (Å²) in [7, 11) is -9.57. The van der Waals surface area contributed by atoms with E-state index in [1.54, 1.807) is 0 Å². The summed E-state index contributed by atoms with van der Waals surface area (Å²) >= 11 is 0. The molecule has 13 heteroatoms. The van der Waals surface area contributed by atoms with Crippen molar-refractivity contribution in [3.63, 3.8) is 0 Å². The zero-order valence-electron chi connectivity index (χ0n) is 16.8. The molecule has 3 rings (SSSR count). The molecule has 1 N–H and O–H groups in total. The number of nitrogens with one attached hydrogen (secondary N) is 1. The minimum Gasteiger partial charge on any atom is -0.322 e. The third-order valence-corrected chi connectivity index (χ3v) is 8.27. The predicted octanol–water partition coefficient (Wildman–Crippen LogP) is 3.05. The Hall–Kier alpha value is -2.51. The number of alkyl halides is 3. The average molecular weight is 492 g/mol. The van der Waals surface area contributed by atoms with Crippen LogP contribution in [-0.2, 0) is 19.9 Å². The second kappa shape index (κ2) is 8.79. The van der Waals surface area contributed by atoms with Gasteiger partial charge in [-0.25, -0.2) is 21.8 Å². The maximum absolute atomic E-state index is 12.9. The number of carbonyl (C=O) groups excluding carboxylic acids is 1. The van der Waals surface area contributed by atoms with Crippen LogP contribution in [0.2, 0.25) is 0 Å². The zero-order valence-corrected chi connectivity index (χ0v) is 18.5. The molecule has 32 heavy (non-hydrogen) atoms. The van der Waals surface area contributed by atoms with E-state index in [-0.39, 0.29) is 16.5 Å². The van der Waals surface area contributed by atoms with Crippen LogP contribution in [0.1, 0.15) is 30.1 Å². The first kappa shape index (κ1) is 24.1. The lowest BCUT2D eigenvalue weighted by Crippen LogP contribution is -2.39. The quantitative estimate of drug-likeness (QED) is 0.688. The van der Waals surface area contributed by atoms with E-state index in [2.05, 4.69) is 10.3 Å². The van der Waals surface area contributed by atoms with E-state index in [9.17, 15) is 34.8 Å². The van der Waals surface area contributed by atoms with Crippen molar-refractivity contribution in [2.45, 2.75) is 35.2 Å². The van der Waals surface area contributed by atoms with Gasteiger partial charge in [0.2, 0.25) is 10.0 Å². The fourth-order valence-electron chi connectivity index (χ4n) is 3.31. The first-order valence-corrected chi connectivity index (χ1v) is 12.4. The van der Waals surface area contributed by atoms with Crippen LogP contribution in [0.25, 0.3) is 0 Å². The van der Waals surface area contributed by atoms with Gasteiger partial charge in [0.05, 0.1) is 10.5 Å². The first-order chi connectivity index (χ1) is 14.8. The van der Waals surface area contributed by atoms with Gasteiger partial charge >= 0.3 is 5.51 Å². The number of benzene rings is 1. The molecule has 0 saturated carbocycles. The number of carbonyl (C=O) groups is 1. The lowest BCUT2D eigenvalue weighted by atomic mass is 10.0. The number of sulfone groups is 1. The first-order valence-electron chi connectivity index (χ1n) is 9.52. The lowest BCUT2D eigenvalue weighted by molar-refractivity contribution is -0.0438. The number of rotatable bonds is 5. The third kappa shape index (κ3) is 4.79. The lowest BCUT2D eigenvalue weighted by Gasteiger charge is -2.30. The minimum atomic E-state index is -5.84. The molecule has 1 saturated heterocycles. The molecule has 1 aliphatic rings. The van der Waals surface area contributed by atoms with E-state index in [1.165, 1.54) is 28.6 Å². The van der Waals surface area contributed by atoms with E-state index in [0.717, 1.165) is 31.2 Å². The van der Waals surface area contributed by atoms with Gasteiger partial charge in [0.15, 0.2) is 5.03 Å². The normalized spacial score (nSPS) is 18.3. The number of piperidine rings is 1. The molecule has 1 unspecified atom stereocenters. The van der Waals surface area contributed by atoms with Gasteiger partial charge in [0.25, 0.3) is 15.7 Å². The maximum atomic E-state index is 12.9. The number of hydrogen-bond acceptors (Lipinski definition) is 6. The van der Waals surface area contributed by atoms with Crippen molar-refractivity contribution in [1.82, 2.24) is 9.29 Å². The van der Waals surface area contributed by atoms with Crippen LogP contribution in [0.4, 0.5) is 18.9 Å². The topological polar surface area (TPSA) is 114 Å². The van der Waals surface area contributed by atoms with Crippen molar-refractivity contribution in [3.05, 3.63) is 48.2 Å². The summed E-state index contributed by atoms with van der Waals surface area (Å²) in [4.78, 5) is 15.7. The predicted molar refractivity (Wildman–Crippen MR) is 109 cm³/mol. The Kier molecular flexibility index (Phi) is 6.63. The van der Waals surface area contributed by atoms with Gasteiger partial charge in [0.1, 0.15) is 0 Å². The largest absolute Gasteiger partial charge is 0.503 e.